The molecule has 5 heterocycles. The Labute approximate surface area is 189 Å². The van der Waals surface area contributed by atoms with Gasteiger partial charge in [-0.25, -0.2) is 19.5 Å². The van der Waals surface area contributed by atoms with E-state index >= 15 is 0 Å². The molecule has 6 rings (SSSR count). The molecule has 0 aliphatic heterocycles. The van der Waals surface area contributed by atoms with Gasteiger partial charge in [-0.05, 0) is 37.5 Å². The molecule has 0 atom stereocenters. The molecular formula is C23H23N9O. The van der Waals surface area contributed by atoms with Crippen molar-refractivity contribution in [2.24, 2.45) is 14.1 Å². The lowest BCUT2D eigenvalue weighted by Crippen LogP contribution is -2.07. The Morgan fingerprint density at radius 1 is 1.06 bits per heavy atom. The molecule has 1 N–H and O–H groups in total. The molecule has 1 saturated carbocycles. The highest BCUT2D eigenvalue weighted by Crippen LogP contribution is 2.33. The lowest BCUT2D eigenvalue weighted by molar-refractivity contribution is 0.303. The standard InChI is InChI=1S/C23H23N9O/c1-14-17(18-7-10-31(3)28-18)13-32-20(14)21(27-22(29-32)23-25-9-11-30(23)2)26-19-12-16(6-8-24-19)33-15-4-5-15/h6-13,15H,4-5H2,1-3H3,(H,24,26,27,29). The van der Waals surface area contributed by atoms with Crippen molar-refractivity contribution in [3.8, 4) is 28.7 Å². The second kappa shape index (κ2) is 7.44. The number of ether oxygens (including phenoxy) is 1. The zero-order valence-corrected chi connectivity index (χ0v) is 18.6. The highest BCUT2D eigenvalue weighted by molar-refractivity contribution is 5.84. The van der Waals surface area contributed by atoms with Crippen LogP contribution >= 0.6 is 0 Å². The van der Waals surface area contributed by atoms with Gasteiger partial charge in [0.05, 0.1) is 11.8 Å². The predicted molar refractivity (Wildman–Crippen MR) is 123 cm³/mol. The Bertz CT molecular complexity index is 1470. The number of aromatic nitrogens is 8. The molecule has 0 unspecified atom stereocenters. The summed E-state index contributed by atoms with van der Waals surface area (Å²) in [5.41, 5.74) is 3.74. The molecule has 1 fully saturated rings. The second-order valence-electron chi connectivity index (χ2n) is 8.30. The van der Waals surface area contributed by atoms with Crippen molar-refractivity contribution in [2.75, 3.05) is 5.32 Å². The van der Waals surface area contributed by atoms with Crippen LogP contribution in [0.3, 0.4) is 0 Å². The zero-order chi connectivity index (χ0) is 22.5. The predicted octanol–water partition coefficient (Wildman–Crippen LogP) is 3.52. The van der Waals surface area contributed by atoms with Gasteiger partial charge in [0, 0.05) is 56.7 Å². The molecule has 0 radical (unpaired) electrons. The van der Waals surface area contributed by atoms with E-state index in [0.29, 0.717) is 29.4 Å². The summed E-state index contributed by atoms with van der Waals surface area (Å²) in [5, 5.41) is 12.7. The lowest BCUT2D eigenvalue weighted by atomic mass is 10.1. The van der Waals surface area contributed by atoms with Crippen LogP contribution in [-0.2, 0) is 14.1 Å². The van der Waals surface area contributed by atoms with Crippen LogP contribution < -0.4 is 10.1 Å². The van der Waals surface area contributed by atoms with E-state index in [1.165, 1.54) is 0 Å². The summed E-state index contributed by atoms with van der Waals surface area (Å²) in [6, 6.07) is 5.76. The summed E-state index contributed by atoms with van der Waals surface area (Å²) in [6.45, 7) is 2.05. The smallest absolute Gasteiger partial charge is 0.218 e. The number of hydrogen-bond acceptors (Lipinski definition) is 7. The topological polar surface area (TPSA) is 100.0 Å². The van der Waals surface area contributed by atoms with Crippen molar-refractivity contribution < 1.29 is 4.74 Å². The Morgan fingerprint density at radius 2 is 1.94 bits per heavy atom. The Morgan fingerprint density at radius 3 is 2.67 bits per heavy atom. The maximum absolute atomic E-state index is 5.94. The SMILES string of the molecule is Cc1c(-c2ccn(C)n2)cn2nc(-c3nccn3C)nc(Nc3cc(OC4CC4)ccn3)c12. The largest absolute Gasteiger partial charge is 0.490 e. The highest BCUT2D eigenvalue weighted by Gasteiger charge is 2.24. The first kappa shape index (κ1) is 19.5. The molecule has 166 valence electrons. The fourth-order valence-corrected chi connectivity index (χ4v) is 3.86. The van der Waals surface area contributed by atoms with E-state index in [2.05, 4.69) is 20.4 Å². The van der Waals surface area contributed by atoms with Gasteiger partial charge in [-0.2, -0.15) is 5.10 Å². The van der Waals surface area contributed by atoms with E-state index in [-0.39, 0.29) is 0 Å². The van der Waals surface area contributed by atoms with Crippen LogP contribution in [0.1, 0.15) is 18.4 Å². The summed E-state index contributed by atoms with van der Waals surface area (Å²) in [6.07, 6.45) is 11.8. The summed E-state index contributed by atoms with van der Waals surface area (Å²) in [5.74, 6) is 3.26. The Hall–Kier alpha value is -4.21. The van der Waals surface area contributed by atoms with Crippen LogP contribution in [0.2, 0.25) is 0 Å². The minimum absolute atomic E-state index is 0.315. The summed E-state index contributed by atoms with van der Waals surface area (Å²) in [7, 11) is 3.83. The van der Waals surface area contributed by atoms with Crippen LogP contribution in [-0.4, -0.2) is 45.0 Å². The number of rotatable bonds is 6. The fraction of sp³-hybridized carbons (Fsp3) is 0.261. The summed E-state index contributed by atoms with van der Waals surface area (Å²) >= 11 is 0. The van der Waals surface area contributed by atoms with Crippen molar-refractivity contribution in [1.82, 2.24) is 38.9 Å². The lowest BCUT2D eigenvalue weighted by Gasteiger charge is -2.11. The molecule has 0 amide bonds. The van der Waals surface area contributed by atoms with Gasteiger partial charge in [-0.15, -0.1) is 5.10 Å². The summed E-state index contributed by atoms with van der Waals surface area (Å²) < 4.78 is 11.5. The number of pyridine rings is 1. The first-order valence-electron chi connectivity index (χ1n) is 10.8. The zero-order valence-electron chi connectivity index (χ0n) is 18.6. The number of imidazole rings is 1. The molecular weight excluding hydrogens is 418 g/mol. The van der Waals surface area contributed by atoms with Crippen molar-refractivity contribution in [1.29, 1.82) is 0 Å². The van der Waals surface area contributed by atoms with Crippen LogP contribution in [0.5, 0.6) is 5.75 Å². The normalized spacial score (nSPS) is 13.5. The number of nitrogens with zero attached hydrogens (tertiary/aromatic N) is 8. The third-order valence-electron chi connectivity index (χ3n) is 5.70. The molecule has 0 spiro atoms. The van der Waals surface area contributed by atoms with Crippen molar-refractivity contribution in [3.63, 3.8) is 0 Å². The molecule has 10 nitrogen and oxygen atoms in total. The van der Waals surface area contributed by atoms with Gasteiger partial charge in [0.2, 0.25) is 5.82 Å². The van der Waals surface area contributed by atoms with Crippen molar-refractivity contribution in [2.45, 2.75) is 25.9 Å². The Balaban J connectivity index is 1.49. The quantitative estimate of drug-likeness (QED) is 0.430. The highest BCUT2D eigenvalue weighted by atomic mass is 16.5. The molecule has 10 heteroatoms. The van der Waals surface area contributed by atoms with Gasteiger partial charge in [-0.3, -0.25) is 4.68 Å². The maximum atomic E-state index is 5.94. The van der Waals surface area contributed by atoms with E-state index < -0.39 is 0 Å². The molecule has 1 aliphatic rings. The van der Waals surface area contributed by atoms with E-state index in [9.17, 15) is 0 Å². The second-order valence-corrected chi connectivity index (χ2v) is 8.30. The van der Waals surface area contributed by atoms with Crippen LogP contribution in [0, 0.1) is 6.92 Å². The van der Waals surface area contributed by atoms with Gasteiger partial charge in [0.25, 0.3) is 0 Å². The first-order valence-corrected chi connectivity index (χ1v) is 10.8. The van der Waals surface area contributed by atoms with E-state index in [4.69, 9.17) is 14.8 Å². The van der Waals surface area contributed by atoms with E-state index in [1.807, 2.05) is 66.9 Å². The third kappa shape index (κ3) is 3.59. The average molecular weight is 441 g/mol. The van der Waals surface area contributed by atoms with Gasteiger partial charge < -0.3 is 14.6 Å². The van der Waals surface area contributed by atoms with E-state index in [0.717, 1.165) is 40.9 Å². The molecule has 33 heavy (non-hydrogen) atoms. The first-order chi connectivity index (χ1) is 16.0. The molecule has 0 saturated heterocycles. The number of hydrogen-bond donors (Lipinski definition) is 1. The van der Waals surface area contributed by atoms with Gasteiger partial charge in [0.1, 0.15) is 17.1 Å². The summed E-state index contributed by atoms with van der Waals surface area (Å²) in [4.78, 5) is 13.8. The number of aryl methyl sites for hydroxylation is 3. The molecule has 1 aliphatic carbocycles. The maximum Gasteiger partial charge on any atom is 0.218 e. The van der Waals surface area contributed by atoms with Crippen molar-refractivity contribution in [3.05, 3.63) is 54.7 Å². The number of nitrogens with one attached hydrogen (secondary N) is 1. The number of fused-ring (bicyclic) bond motifs is 1. The minimum Gasteiger partial charge on any atom is -0.490 e. The van der Waals surface area contributed by atoms with Crippen LogP contribution in [0.4, 0.5) is 11.6 Å². The van der Waals surface area contributed by atoms with Gasteiger partial charge >= 0.3 is 0 Å². The van der Waals surface area contributed by atoms with Crippen LogP contribution in [0.25, 0.3) is 28.4 Å². The molecule has 5 aromatic heterocycles. The van der Waals surface area contributed by atoms with Gasteiger partial charge in [-0.1, -0.05) is 0 Å². The minimum atomic E-state index is 0.315. The fourth-order valence-electron chi connectivity index (χ4n) is 3.86. The molecule has 5 aromatic rings. The third-order valence-corrected chi connectivity index (χ3v) is 5.70. The average Bonchev–Trinajstić information content (AvgIpc) is 3.17. The van der Waals surface area contributed by atoms with Gasteiger partial charge in [0.15, 0.2) is 11.6 Å². The van der Waals surface area contributed by atoms with Crippen LogP contribution in [0.15, 0.2) is 49.2 Å². The number of anilines is 2. The monoisotopic (exact) mass is 441 g/mol. The molecule has 0 aromatic carbocycles. The molecule has 0 bridgehead atoms. The van der Waals surface area contributed by atoms with E-state index in [1.54, 1.807) is 17.1 Å². The Kier molecular flexibility index (Phi) is 4.39. The van der Waals surface area contributed by atoms with Crippen molar-refractivity contribution >= 4 is 17.2 Å².